The Morgan fingerprint density at radius 3 is 2.53 bits per heavy atom. The van der Waals surface area contributed by atoms with Crippen LogP contribution >= 0.6 is 0 Å². The molecule has 1 aromatic heterocycles. The average Bonchev–Trinajstić information content (AvgIpc) is 3.15. The van der Waals surface area contributed by atoms with Crippen molar-refractivity contribution in [3.05, 3.63) is 82.2 Å². The number of sulfone groups is 1. The number of rotatable bonds is 7. The van der Waals surface area contributed by atoms with Gasteiger partial charge >= 0.3 is 5.97 Å². The number of hydrogen-bond acceptors (Lipinski definition) is 6. The van der Waals surface area contributed by atoms with E-state index in [9.17, 15) is 22.8 Å². The molecule has 0 aliphatic carbocycles. The lowest BCUT2D eigenvalue weighted by Gasteiger charge is -2.17. The van der Waals surface area contributed by atoms with Gasteiger partial charge in [0.1, 0.15) is 6.54 Å². The second kappa shape index (κ2) is 9.98. The summed E-state index contributed by atoms with van der Waals surface area (Å²) in [5.74, 6) is -1.13. The molecule has 9 nitrogen and oxygen atoms in total. The van der Waals surface area contributed by atoms with Gasteiger partial charge in [-0.3, -0.25) is 14.4 Å². The van der Waals surface area contributed by atoms with Crippen LogP contribution in [0.1, 0.15) is 43.2 Å². The number of esters is 1. The Balaban J connectivity index is 1.90. The maximum Gasteiger partial charge on any atom is 0.325 e. The number of carbonyl (C=O) groups excluding carboxylic acids is 3. The first-order chi connectivity index (χ1) is 17.2. The Hall–Kier alpha value is -3.92. The molecule has 188 valence electrons. The lowest BCUT2D eigenvalue weighted by Crippen LogP contribution is -2.33. The number of benzene rings is 2. The number of carbonyl (C=O) groups is 3. The van der Waals surface area contributed by atoms with Crippen molar-refractivity contribution in [2.24, 2.45) is 0 Å². The lowest BCUT2D eigenvalue weighted by molar-refractivity contribution is -0.141. The van der Waals surface area contributed by atoms with E-state index in [1.54, 1.807) is 41.8 Å². The molecule has 0 atom stereocenters. The van der Waals surface area contributed by atoms with E-state index in [0.717, 1.165) is 0 Å². The first-order valence-electron chi connectivity index (χ1n) is 11.4. The fraction of sp³-hybridized carbons (Fsp3) is 0.269. The van der Waals surface area contributed by atoms with E-state index < -0.39 is 21.7 Å². The van der Waals surface area contributed by atoms with Crippen molar-refractivity contribution in [1.82, 2.24) is 15.2 Å². The van der Waals surface area contributed by atoms with Crippen LogP contribution in [0.2, 0.25) is 0 Å². The molecule has 0 saturated carbocycles. The number of aromatic nitrogens is 1. The van der Waals surface area contributed by atoms with Crippen LogP contribution in [0.15, 0.2) is 58.3 Å². The summed E-state index contributed by atoms with van der Waals surface area (Å²) in [5.41, 5.74) is 3.11. The fourth-order valence-corrected chi connectivity index (χ4v) is 6.08. The van der Waals surface area contributed by atoms with Crippen LogP contribution in [0.5, 0.6) is 0 Å². The van der Waals surface area contributed by atoms with Gasteiger partial charge in [0.15, 0.2) is 0 Å². The summed E-state index contributed by atoms with van der Waals surface area (Å²) in [6.07, 6.45) is 0.648. The molecular formula is C26H27N3O6S. The Bertz CT molecular complexity index is 1460. The molecule has 0 fully saturated rings. The van der Waals surface area contributed by atoms with Gasteiger partial charge < -0.3 is 19.9 Å². The predicted octanol–water partition coefficient (Wildman–Crippen LogP) is 2.04. The average molecular weight is 510 g/mol. The fourth-order valence-electron chi connectivity index (χ4n) is 4.54. The Morgan fingerprint density at radius 1 is 1.14 bits per heavy atom. The third-order valence-electron chi connectivity index (χ3n) is 6.41. The number of ether oxygens (including phenoxy) is 1. The molecule has 2 amide bonds. The van der Waals surface area contributed by atoms with Crippen LogP contribution in [0.3, 0.4) is 0 Å². The molecule has 3 aromatic rings. The van der Waals surface area contributed by atoms with Gasteiger partial charge in [-0.15, -0.1) is 0 Å². The summed E-state index contributed by atoms with van der Waals surface area (Å²) in [5, 5.41) is 5.35. The zero-order valence-electron chi connectivity index (χ0n) is 20.3. The lowest BCUT2D eigenvalue weighted by atomic mass is 9.97. The van der Waals surface area contributed by atoms with Crippen molar-refractivity contribution in [3.8, 4) is 0 Å². The minimum Gasteiger partial charge on any atom is -0.468 e. The molecule has 2 heterocycles. The number of nitrogens with zero attached hydrogens (tertiary/aromatic N) is 1. The summed E-state index contributed by atoms with van der Waals surface area (Å²) in [6.45, 7) is 2.18. The van der Waals surface area contributed by atoms with E-state index in [1.807, 2.05) is 0 Å². The zero-order chi connectivity index (χ0) is 26.0. The minimum atomic E-state index is -3.98. The Labute approximate surface area is 209 Å². The highest BCUT2D eigenvalue weighted by Gasteiger charge is 2.31. The number of nitrogens with one attached hydrogen (secondary N) is 2. The van der Waals surface area contributed by atoms with Gasteiger partial charge in [-0.25, -0.2) is 8.42 Å². The van der Waals surface area contributed by atoms with Gasteiger partial charge in [0.2, 0.25) is 9.84 Å². The van der Waals surface area contributed by atoms with Gasteiger partial charge in [0, 0.05) is 43.4 Å². The SMILES string of the molecule is CNC(=O)c1ccc(Cc2c3c(n(CC(=O)OC)c2C)CCNC3=O)c(S(=O)(=O)c2ccccc2)c1. The Kier molecular flexibility index (Phi) is 6.98. The summed E-state index contributed by atoms with van der Waals surface area (Å²) in [7, 11) is -1.21. The second-order valence-corrected chi connectivity index (χ2v) is 10.4. The van der Waals surface area contributed by atoms with Gasteiger partial charge in [-0.05, 0) is 42.3 Å². The molecule has 0 saturated heterocycles. The summed E-state index contributed by atoms with van der Waals surface area (Å²) >= 11 is 0. The van der Waals surface area contributed by atoms with Crippen molar-refractivity contribution < 1.29 is 27.5 Å². The highest BCUT2D eigenvalue weighted by molar-refractivity contribution is 7.91. The largest absolute Gasteiger partial charge is 0.468 e. The molecule has 0 radical (unpaired) electrons. The van der Waals surface area contributed by atoms with E-state index in [2.05, 4.69) is 10.6 Å². The maximum atomic E-state index is 13.7. The van der Waals surface area contributed by atoms with Crippen molar-refractivity contribution in [3.63, 3.8) is 0 Å². The van der Waals surface area contributed by atoms with Crippen LogP contribution in [0.25, 0.3) is 0 Å². The quantitative estimate of drug-likeness (QED) is 0.470. The number of amides is 2. The maximum absolute atomic E-state index is 13.7. The minimum absolute atomic E-state index is 0.0140. The van der Waals surface area contributed by atoms with Crippen molar-refractivity contribution in [2.45, 2.75) is 36.1 Å². The van der Waals surface area contributed by atoms with E-state index >= 15 is 0 Å². The van der Waals surface area contributed by atoms with E-state index in [1.165, 1.54) is 32.4 Å². The van der Waals surface area contributed by atoms with Gasteiger partial charge in [-0.2, -0.15) is 0 Å². The normalized spacial score (nSPS) is 13.0. The predicted molar refractivity (Wildman–Crippen MR) is 132 cm³/mol. The highest BCUT2D eigenvalue weighted by atomic mass is 32.2. The zero-order valence-corrected chi connectivity index (χ0v) is 21.1. The molecule has 2 aromatic carbocycles. The second-order valence-electron chi connectivity index (χ2n) is 8.45. The summed E-state index contributed by atoms with van der Waals surface area (Å²) in [6, 6.07) is 12.5. The monoisotopic (exact) mass is 509 g/mol. The van der Waals surface area contributed by atoms with E-state index in [4.69, 9.17) is 4.74 Å². The van der Waals surface area contributed by atoms with Crippen LogP contribution < -0.4 is 10.6 Å². The standard InChI is InChI=1S/C26H27N3O6S/c1-16-20(24-21(11-12-28-26(24)32)29(16)15-23(30)35-3)13-17-9-10-18(25(31)27-2)14-22(17)36(33,34)19-7-5-4-6-8-19/h4-10,14H,11-13,15H2,1-3H3,(H,27,31)(H,28,32). The number of hydrogen-bond donors (Lipinski definition) is 2. The van der Waals surface area contributed by atoms with Crippen LogP contribution in [0, 0.1) is 6.92 Å². The molecule has 0 spiro atoms. The van der Waals surface area contributed by atoms with Crippen LogP contribution in [-0.2, 0) is 38.8 Å². The molecule has 10 heteroatoms. The molecule has 1 aliphatic rings. The summed E-state index contributed by atoms with van der Waals surface area (Å²) < 4.78 is 33.9. The van der Waals surface area contributed by atoms with Crippen molar-refractivity contribution in [2.75, 3.05) is 20.7 Å². The first-order valence-corrected chi connectivity index (χ1v) is 12.9. The summed E-state index contributed by atoms with van der Waals surface area (Å²) in [4.78, 5) is 37.4. The van der Waals surface area contributed by atoms with Crippen LogP contribution in [0.4, 0.5) is 0 Å². The van der Waals surface area contributed by atoms with Crippen LogP contribution in [-0.4, -0.2) is 51.5 Å². The highest BCUT2D eigenvalue weighted by Crippen LogP contribution is 2.32. The molecule has 0 unspecified atom stereocenters. The third kappa shape index (κ3) is 4.51. The third-order valence-corrected chi connectivity index (χ3v) is 8.27. The number of fused-ring (bicyclic) bond motifs is 1. The molecule has 0 bridgehead atoms. The van der Waals surface area contributed by atoms with Crippen molar-refractivity contribution >= 4 is 27.6 Å². The smallest absolute Gasteiger partial charge is 0.325 e. The molecular weight excluding hydrogens is 482 g/mol. The topological polar surface area (TPSA) is 124 Å². The molecule has 2 N–H and O–H groups in total. The van der Waals surface area contributed by atoms with Gasteiger partial charge in [0.05, 0.1) is 22.5 Å². The molecule has 36 heavy (non-hydrogen) atoms. The Morgan fingerprint density at radius 2 is 1.86 bits per heavy atom. The molecule has 1 aliphatic heterocycles. The van der Waals surface area contributed by atoms with E-state index in [-0.39, 0.29) is 34.2 Å². The van der Waals surface area contributed by atoms with Gasteiger partial charge in [-0.1, -0.05) is 24.3 Å². The van der Waals surface area contributed by atoms with E-state index in [0.29, 0.717) is 41.0 Å². The van der Waals surface area contributed by atoms with Gasteiger partial charge in [0.25, 0.3) is 11.8 Å². The first kappa shape index (κ1) is 25.2. The molecule has 4 rings (SSSR count). The van der Waals surface area contributed by atoms with Crippen molar-refractivity contribution in [1.29, 1.82) is 0 Å². The number of methoxy groups -OCH3 is 1.